The molecule has 0 aliphatic heterocycles. The maximum absolute atomic E-state index is 5.52. The number of ether oxygens (including phenoxy) is 1. The summed E-state index contributed by atoms with van der Waals surface area (Å²) in [6, 6.07) is 0. The van der Waals surface area contributed by atoms with E-state index in [0.717, 1.165) is 32.8 Å². The molecule has 1 aromatic heterocycles. The Hall–Kier alpha value is -0.910. The van der Waals surface area contributed by atoms with E-state index >= 15 is 0 Å². The van der Waals surface area contributed by atoms with E-state index in [1.165, 1.54) is 5.56 Å². The van der Waals surface area contributed by atoms with Gasteiger partial charge in [0, 0.05) is 31.4 Å². The number of nitrogens with zero attached hydrogens (tertiary/aromatic N) is 3. The van der Waals surface area contributed by atoms with Gasteiger partial charge in [0.1, 0.15) is 0 Å². The molecule has 19 heavy (non-hydrogen) atoms. The summed E-state index contributed by atoms with van der Waals surface area (Å²) in [5.74, 6) is 0. The van der Waals surface area contributed by atoms with Crippen LogP contribution in [0.2, 0.25) is 0 Å². The minimum atomic E-state index is 0.0491. The van der Waals surface area contributed by atoms with Gasteiger partial charge in [-0.2, -0.15) is 5.10 Å². The molecule has 0 unspecified atom stereocenters. The van der Waals surface area contributed by atoms with Crippen LogP contribution in [0.5, 0.6) is 0 Å². The molecule has 1 rings (SSSR count). The highest BCUT2D eigenvalue weighted by Crippen LogP contribution is 2.12. The van der Waals surface area contributed by atoms with Crippen LogP contribution in [-0.2, 0) is 16.8 Å². The molecule has 0 saturated carbocycles. The quantitative estimate of drug-likeness (QED) is 0.722. The molecule has 1 heterocycles. The zero-order chi connectivity index (χ0) is 14.3. The number of rotatable bonds is 8. The fourth-order valence-electron chi connectivity index (χ4n) is 1.54. The van der Waals surface area contributed by atoms with E-state index in [1.807, 2.05) is 10.9 Å². The van der Waals surface area contributed by atoms with E-state index in [4.69, 9.17) is 4.74 Å². The predicted molar refractivity (Wildman–Crippen MR) is 78.3 cm³/mol. The largest absolute Gasteiger partial charge is 0.379 e. The van der Waals surface area contributed by atoms with Crippen LogP contribution < -0.4 is 5.32 Å². The molecule has 0 bridgehead atoms. The van der Waals surface area contributed by atoms with E-state index in [-0.39, 0.29) is 5.54 Å². The lowest BCUT2D eigenvalue weighted by molar-refractivity contribution is 0.119. The number of likely N-dealkylation sites (N-methyl/N-ethyl adjacent to an activating group) is 1. The lowest BCUT2D eigenvalue weighted by Crippen LogP contribution is -2.23. The van der Waals surface area contributed by atoms with Crippen molar-refractivity contribution in [3.8, 4) is 0 Å². The summed E-state index contributed by atoms with van der Waals surface area (Å²) < 4.78 is 7.51. The molecule has 1 N–H and O–H groups in total. The summed E-state index contributed by atoms with van der Waals surface area (Å²) in [5.41, 5.74) is 1.26. The van der Waals surface area contributed by atoms with Gasteiger partial charge < -0.3 is 15.0 Å². The normalized spacial score (nSPS) is 12.3. The second-order valence-electron chi connectivity index (χ2n) is 6.06. The number of aromatic nitrogens is 2. The molecule has 5 heteroatoms. The van der Waals surface area contributed by atoms with Crippen molar-refractivity contribution in [1.29, 1.82) is 0 Å². The molecular formula is C14H28N4O. The Balaban J connectivity index is 2.11. The highest BCUT2D eigenvalue weighted by molar-refractivity contribution is 5.04. The summed E-state index contributed by atoms with van der Waals surface area (Å²) in [7, 11) is 4.10. The first-order valence-corrected chi connectivity index (χ1v) is 6.87. The minimum absolute atomic E-state index is 0.0491. The van der Waals surface area contributed by atoms with E-state index in [9.17, 15) is 0 Å². The van der Waals surface area contributed by atoms with Gasteiger partial charge in [0.05, 0.1) is 24.9 Å². The lowest BCUT2D eigenvalue weighted by atomic mass is 10.1. The molecule has 0 aliphatic rings. The third kappa shape index (κ3) is 6.71. The van der Waals surface area contributed by atoms with Crippen molar-refractivity contribution in [2.24, 2.45) is 0 Å². The standard InChI is InChI=1S/C14H28N4O/c1-14(2,3)18-12-13(11-16-18)10-15-6-8-19-9-7-17(4)5/h11-12,15H,6-10H2,1-5H3. The van der Waals surface area contributed by atoms with Crippen LogP contribution in [0.15, 0.2) is 12.4 Å². The van der Waals surface area contributed by atoms with E-state index in [0.29, 0.717) is 0 Å². The monoisotopic (exact) mass is 268 g/mol. The number of hydrogen-bond donors (Lipinski definition) is 1. The highest BCUT2D eigenvalue weighted by Gasteiger charge is 2.13. The van der Waals surface area contributed by atoms with Crippen molar-refractivity contribution in [3.05, 3.63) is 18.0 Å². The first kappa shape index (κ1) is 16.1. The zero-order valence-corrected chi connectivity index (χ0v) is 12.9. The van der Waals surface area contributed by atoms with E-state index in [1.54, 1.807) is 0 Å². The average molecular weight is 268 g/mol. The topological polar surface area (TPSA) is 42.3 Å². The molecule has 1 aromatic rings. The minimum Gasteiger partial charge on any atom is -0.379 e. The Morgan fingerprint density at radius 3 is 2.63 bits per heavy atom. The van der Waals surface area contributed by atoms with Gasteiger partial charge in [0.15, 0.2) is 0 Å². The Morgan fingerprint density at radius 2 is 2.05 bits per heavy atom. The van der Waals surface area contributed by atoms with Gasteiger partial charge in [-0.05, 0) is 34.9 Å². The first-order chi connectivity index (χ1) is 8.89. The molecule has 0 atom stereocenters. The summed E-state index contributed by atoms with van der Waals surface area (Å²) in [6.07, 6.45) is 4.02. The van der Waals surface area contributed by atoms with E-state index < -0.39 is 0 Å². The van der Waals surface area contributed by atoms with Crippen molar-refractivity contribution >= 4 is 0 Å². The molecular weight excluding hydrogens is 240 g/mol. The van der Waals surface area contributed by atoms with Gasteiger partial charge in [-0.1, -0.05) is 0 Å². The molecule has 110 valence electrons. The summed E-state index contributed by atoms with van der Waals surface area (Å²) >= 11 is 0. The first-order valence-electron chi connectivity index (χ1n) is 6.87. The second kappa shape index (κ2) is 7.62. The molecule has 0 aliphatic carbocycles. The third-order valence-electron chi connectivity index (χ3n) is 2.76. The van der Waals surface area contributed by atoms with Crippen LogP contribution in [0.1, 0.15) is 26.3 Å². The maximum Gasteiger partial charge on any atom is 0.0593 e. The predicted octanol–water partition coefficient (Wildman–Crippen LogP) is 1.31. The second-order valence-corrected chi connectivity index (χ2v) is 6.06. The van der Waals surface area contributed by atoms with Gasteiger partial charge in [-0.25, -0.2) is 0 Å². The molecule has 0 saturated heterocycles. The Labute approximate surface area is 116 Å². The SMILES string of the molecule is CN(C)CCOCCNCc1cnn(C(C)(C)C)c1. The summed E-state index contributed by atoms with van der Waals surface area (Å²) in [6.45, 7) is 10.7. The van der Waals surface area contributed by atoms with Crippen molar-refractivity contribution in [2.45, 2.75) is 32.9 Å². The fraction of sp³-hybridized carbons (Fsp3) is 0.786. The molecule has 5 nitrogen and oxygen atoms in total. The molecule has 0 spiro atoms. The van der Waals surface area contributed by atoms with Crippen LogP contribution >= 0.6 is 0 Å². The van der Waals surface area contributed by atoms with Crippen molar-refractivity contribution in [1.82, 2.24) is 20.0 Å². The van der Waals surface area contributed by atoms with Crippen LogP contribution in [0, 0.1) is 0 Å². The smallest absolute Gasteiger partial charge is 0.0593 e. The summed E-state index contributed by atoms with van der Waals surface area (Å²) in [4.78, 5) is 2.12. The van der Waals surface area contributed by atoms with Crippen LogP contribution in [0.4, 0.5) is 0 Å². The van der Waals surface area contributed by atoms with Crippen molar-refractivity contribution < 1.29 is 4.74 Å². The van der Waals surface area contributed by atoms with Crippen LogP contribution in [0.3, 0.4) is 0 Å². The average Bonchev–Trinajstić information content (AvgIpc) is 2.75. The van der Waals surface area contributed by atoms with E-state index in [2.05, 4.69) is 56.4 Å². The molecule has 0 radical (unpaired) electrons. The van der Waals surface area contributed by atoms with Crippen LogP contribution in [-0.4, -0.2) is 55.1 Å². The Kier molecular flexibility index (Phi) is 6.48. The zero-order valence-electron chi connectivity index (χ0n) is 12.9. The van der Waals surface area contributed by atoms with Crippen LogP contribution in [0.25, 0.3) is 0 Å². The maximum atomic E-state index is 5.52. The summed E-state index contributed by atoms with van der Waals surface area (Å²) in [5, 5.41) is 7.74. The molecule has 0 fully saturated rings. The Morgan fingerprint density at radius 1 is 1.32 bits per heavy atom. The fourth-order valence-corrected chi connectivity index (χ4v) is 1.54. The van der Waals surface area contributed by atoms with Crippen molar-refractivity contribution in [3.63, 3.8) is 0 Å². The van der Waals surface area contributed by atoms with Gasteiger partial charge in [-0.3, -0.25) is 4.68 Å². The third-order valence-corrected chi connectivity index (χ3v) is 2.76. The molecule has 0 aromatic carbocycles. The van der Waals surface area contributed by atoms with Gasteiger partial charge in [0.25, 0.3) is 0 Å². The van der Waals surface area contributed by atoms with Gasteiger partial charge in [-0.15, -0.1) is 0 Å². The number of hydrogen-bond acceptors (Lipinski definition) is 4. The lowest BCUT2D eigenvalue weighted by Gasteiger charge is -2.18. The van der Waals surface area contributed by atoms with Gasteiger partial charge in [0.2, 0.25) is 0 Å². The number of nitrogens with one attached hydrogen (secondary N) is 1. The van der Waals surface area contributed by atoms with Gasteiger partial charge >= 0.3 is 0 Å². The highest BCUT2D eigenvalue weighted by atomic mass is 16.5. The molecule has 0 amide bonds. The van der Waals surface area contributed by atoms with Crippen molar-refractivity contribution in [2.75, 3.05) is 40.4 Å². The Bertz CT molecular complexity index is 355.